The summed E-state index contributed by atoms with van der Waals surface area (Å²) >= 11 is 0. The van der Waals surface area contributed by atoms with E-state index >= 15 is 0 Å². The predicted molar refractivity (Wildman–Crippen MR) is 69.6 cm³/mol. The Morgan fingerprint density at radius 3 is 2.94 bits per heavy atom. The predicted octanol–water partition coefficient (Wildman–Crippen LogP) is 0.537. The molecule has 0 spiro atoms. The van der Waals surface area contributed by atoms with E-state index in [0.717, 1.165) is 6.54 Å². The maximum atomic E-state index is 5.61. The van der Waals surface area contributed by atoms with Gasteiger partial charge in [0.05, 0.1) is 0 Å². The number of likely N-dealkylation sites (N-methyl/N-ethyl adjacent to an activating group) is 1. The molecule has 1 aromatic rings. The molecular formula is C11H20N6. The first-order valence-corrected chi connectivity index (χ1v) is 5.99. The van der Waals surface area contributed by atoms with E-state index in [1.807, 2.05) is 0 Å². The topological polar surface area (TPSA) is 93.1 Å². The number of likely N-dealkylation sites (tertiary alicyclic amines) is 1. The Kier molecular flexibility index (Phi) is 3.63. The van der Waals surface area contributed by atoms with Crippen molar-refractivity contribution in [3.8, 4) is 0 Å². The quantitative estimate of drug-likeness (QED) is 0.709. The van der Waals surface area contributed by atoms with Gasteiger partial charge in [0.2, 0.25) is 5.95 Å². The zero-order chi connectivity index (χ0) is 12.3. The van der Waals surface area contributed by atoms with Crippen LogP contribution in [0.5, 0.6) is 0 Å². The number of aromatic nitrogens is 2. The van der Waals surface area contributed by atoms with Gasteiger partial charge < -0.3 is 21.7 Å². The second-order valence-electron chi connectivity index (χ2n) is 4.55. The summed E-state index contributed by atoms with van der Waals surface area (Å²) in [6.45, 7) is 2.03. The van der Waals surface area contributed by atoms with Crippen LogP contribution in [0.4, 0.5) is 17.6 Å². The minimum Gasteiger partial charge on any atom is -0.383 e. The lowest BCUT2D eigenvalue weighted by atomic mass is 10.0. The van der Waals surface area contributed by atoms with E-state index in [-0.39, 0.29) is 5.95 Å². The van der Waals surface area contributed by atoms with Gasteiger partial charge in [-0.25, -0.2) is 0 Å². The van der Waals surface area contributed by atoms with Crippen LogP contribution >= 0.6 is 0 Å². The Labute approximate surface area is 101 Å². The fraction of sp³-hybridized carbons (Fsp3) is 0.636. The Hall–Kier alpha value is -1.56. The third-order valence-electron chi connectivity index (χ3n) is 3.20. The number of hydrogen-bond acceptors (Lipinski definition) is 6. The van der Waals surface area contributed by atoms with Crippen molar-refractivity contribution >= 4 is 17.6 Å². The third kappa shape index (κ3) is 3.20. The molecule has 0 aromatic carbocycles. The van der Waals surface area contributed by atoms with E-state index < -0.39 is 0 Å². The Bertz CT molecular complexity index is 360. The second-order valence-corrected chi connectivity index (χ2v) is 4.55. The van der Waals surface area contributed by atoms with Crippen LogP contribution in [0.2, 0.25) is 0 Å². The van der Waals surface area contributed by atoms with Crippen LogP contribution in [0, 0.1) is 0 Å². The SMILES string of the molecule is CN1CCCCC1CNc1cc(N)nc(N)n1. The van der Waals surface area contributed by atoms with E-state index in [2.05, 4.69) is 27.2 Å². The average molecular weight is 236 g/mol. The molecule has 0 aliphatic carbocycles. The Morgan fingerprint density at radius 1 is 1.41 bits per heavy atom. The van der Waals surface area contributed by atoms with Gasteiger partial charge in [-0.1, -0.05) is 6.42 Å². The minimum atomic E-state index is 0.212. The molecule has 6 heteroatoms. The van der Waals surface area contributed by atoms with E-state index in [0.29, 0.717) is 17.7 Å². The Morgan fingerprint density at radius 2 is 2.24 bits per heavy atom. The van der Waals surface area contributed by atoms with E-state index in [1.54, 1.807) is 6.07 Å². The highest BCUT2D eigenvalue weighted by Crippen LogP contribution is 2.16. The molecule has 1 saturated heterocycles. The van der Waals surface area contributed by atoms with Crippen LogP contribution in [0.3, 0.4) is 0 Å². The van der Waals surface area contributed by atoms with Gasteiger partial charge in [-0.2, -0.15) is 9.97 Å². The lowest BCUT2D eigenvalue weighted by Crippen LogP contribution is -2.40. The van der Waals surface area contributed by atoms with Gasteiger partial charge in [0.25, 0.3) is 0 Å². The van der Waals surface area contributed by atoms with Crippen molar-refractivity contribution in [1.82, 2.24) is 14.9 Å². The van der Waals surface area contributed by atoms with Gasteiger partial charge in [-0.3, -0.25) is 0 Å². The summed E-state index contributed by atoms with van der Waals surface area (Å²) < 4.78 is 0. The van der Waals surface area contributed by atoms with Crippen molar-refractivity contribution in [2.45, 2.75) is 25.3 Å². The molecule has 6 nitrogen and oxygen atoms in total. The highest BCUT2D eigenvalue weighted by atomic mass is 15.2. The van der Waals surface area contributed by atoms with Crippen LogP contribution in [0.25, 0.3) is 0 Å². The molecule has 1 aliphatic heterocycles. The molecule has 0 saturated carbocycles. The van der Waals surface area contributed by atoms with Crippen LogP contribution in [-0.2, 0) is 0 Å². The van der Waals surface area contributed by atoms with Gasteiger partial charge >= 0.3 is 0 Å². The maximum absolute atomic E-state index is 5.61. The van der Waals surface area contributed by atoms with Crippen molar-refractivity contribution in [3.63, 3.8) is 0 Å². The number of piperidine rings is 1. The maximum Gasteiger partial charge on any atom is 0.223 e. The monoisotopic (exact) mass is 236 g/mol. The summed E-state index contributed by atoms with van der Waals surface area (Å²) in [7, 11) is 2.16. The molecule has 1 atom stereocenters. The number of nitrogens with one attached hydrogen (secondary N) is 1. The fourth-order valence-corrected chi connectivity index (χ4v) is 2.20. The van der Waals surface area contributed by atoms with E-state index in [9.17, 15) is 0 Å². The molecule has 1 fully saturated rings. The minimum absolute atomic E-state index is 0.212. The second kappa shape index (κ2) is 5.18. The average Bonchev–Trinajstić information content (AvgIpc) is 2.27. The van der Waals surface area contributed by atoms with Gasteiger partial charge in [0.1, 0.15) is 11.6 Å². The van der Waals surface area contributed by atoms with Crippen molar-refractivity contribution in [3.05, 3.63) is 6.07 Å². The first-order valence-electron chi connectivity index (χ1n) is 5.99. The summed E-state index contributed by atoms with van der Waals surface area (Å²) in [6.07, 6.45) is 3.81. The number of nitrogen functional groups attached to an aromatic ring is 2. The summed E-state index contributed by atoms with van der Waals surface area (Å²) in [5, 5.41) is 3.27. The number of nitrogens with zero attached hydrogens (tertiary/aromatic N) is 3. The molecule has 1 aliphatic rings. The molecule has 5 N–H and O–H groups in total. The summed E-state index contributed by atoms with van der Waals surface area (Å²) in [6, 6.07) is 2.26. The molecule has 94 valence electrons. The van der Waals surface area contributed by atoms with Gasteiger partial charge in [-0.05, 0) is 26.4 Å². The normalized spacial score (nSPS) is 21.4. The molecule has 1 aromatic heterocycles. The van der Waals surface area contributed by atoms with Crippen molar-refractivity contribution < 1.29 is 0 Å². The van der Waals surface area contributed by atoms with Gasteiger partial charge in [0, 0.05) is 18.7 Å². The molecule has 2 heterocycles. The molecule has 0 bridgehead atoms. The number of rotatable bonds is 3. The number of anilines is 3. The summed E-state index contributed by atoms with van der Waals surface area (Å²) in [4.78, 5) is 10.3. The zero-order valence-corrected chi connectivity index (χ0v) is 10.2. The Balaban J connectivity index is 1.92. The lowest BCUT2D eigenvalue weighted by Gasteiger charge is -2.32. The zero-order valence-electron chi connectivity index (χ0n) is 10.2. The van der Waals surface area contributed by atoms with Gasteiger partial charge in [0.15, 0.2) is 0 Å². The largest absolute Gasteiger partial charge is 0.383 e. The van der Waals surface area contributed by atoms with Crippen molar-refractivity contribution in [1.29, 1.82) is 0 Å². The first-order chi connectivity index (χ1) is 8.15. The van der Waals surface area contributed by atoms with Crippen molar-refractivity contribution in [2.75, 3.05) is 36.9 Å². The highest BCUT2D eigenvalue weighted by molar-refractivity contribution is 5.48. The van der Waals surface area contributed by atoms with Crippen LogP contribution in [0.15, 0.2) is 6.07 Å². The molecule has 0 amide bonds. The van der Waals surface area contributed by atoms with Crippen LogP contribution in [-0.4, -0.2) is 41.0 Å². The standard InChI is InChI=1S/C11H20N6/c1-17-5-3-2-4-8(17)7-14-10-6-9(12)15-11(13)16-10/h6,8H,2-5,7H2,1H3,(H5,12,13,14,15,16). The summed E-state index contributed by atoms with van der Waals surface area (Å²) in [5.74, 6) is 1.32. The number of hydrogen-bond donors (Lipinski definition) is 3. The molecule has 0 radical (unpaired) electrons. The molecule has 17 heavy (non-hydrogen) atoms. The van der Waals surface area contributed by atoms with Gasteiger partial charge in [-0.15, -0.1) is 0 Å². The number of nitrogens with two attached hydrogens (primary N) is 2. The third-order valence-corrected chi connectivity index (χ3v) is 3.20. The molecule has 1 unspecified atom stereocenters. The first kappa shape index (κ1) is 11.9. The van der Waals surface area contributed by atoms with E-state index in [4.69, 9.17) is 11.5 Å². The summed E-state index contributed by atoms with van der Waals surface area (Å²) in [5.41, 5.74) is 11.2. The molecule has 2 rings (SSSR count). The fourth-order valence-electron chi connectivity index (χ4n) is 2.20. The highest BCUT2D eigenvalue weighted by Gasteiger charge is 2.18. The van der Waals surface area contributed by atoms with E-state index in [1.165, 1.54) is 25.8 Å². The lowest BCUT2D eigenvalue weighted by molar-refractivity contribution is 0.194. The van der Waals surface area contributed by atoms with Crippen LogP contribution < -0.4 is 16.8 Å². The smallest absolute Gasteiger partial charge is 0.223 e. The van der Waals surface area contributed by atoms with Crippen LogP contribution in [0.1, 0.15) is 19.3 Å². The van der Waals surface area contributed by atoms with Crippen molar-refractivity contribution in [2.24, 2.45) is 0 Å². The molecular weight excluding hydrogens is 216 g/mol.